The summed E-state index contributed by atoms with van der Waals surface area (Å²) in [5.74, 6) is 0.233. The first-order chi connectivity index (χ1) is 14.9. The second kappa shape index (κ2) is 12.2. The number of rotatable bonds is 4. The Morgan fingerprint density at radius 1 is 0.824 bits per heavy atom. The Kier molecular flexibility index (Phi) is 10.3. The fraction of sp³-hybridized carbons (Fsp3) is 0.240. The van der Waals surface area contributed by atoms with E-state index in [2.05, 4.69) is 10.6 Å². The average molecular weight is 484 g/mol. The van der Waals surface area contributed by atoms with Gasteiger partial charge in [0.25, 0.3) is 5.91 Å². The van der Waals surface area contributed by atoms with Crippen molar-refractivity contribution in [2.24, 2.45) is 0 Å². The molecular formula is C25H26F6N2O. The normalized spacial score (nSPS) is 13.6. The Balaban J connectivity index is 0.00000193. The van der Waals surface area contributed by atoms with Crippen LogP contribution in [0.3, 0.4) is 0 Å². The van der Waals surface area contributed by atoms with Crippen LogP contribution < -0.4 is 10.6 Å². The van der Waals surface area contributed by atoms with Crippen molar-refractivity contribution in [3.8, 4) is 11.1 Å². The van der Waals surface area contributed by atoms with E-state index in [9.17, 15) is 18.0 Å². The number of piperidine rings is 1. The number of nitrogens with one attached hydrogen (secondary N) is 2. The van der Waals surface area contributed by atoms with E-state index in [1.807, 2.05) is 24.3 Å². The van der Waals surface area contributed by atoms with Crippen molar-refractivity contribution in [2.75, 3.05) is 18.4 Å². The Labute approximate surface area is 193 Å². The number of hydrogen-bond acceptors (Lipinski definition) is 2. The van der Waals surface area contributed by atoms with Gasteiger partial charge in [0.2, 0.25) is 0 Å². The summed E-state index contributed by atoms with van der Waals surface area (Å²) in [5.41, 5.74) is 2.78. The first-order valence-electron chi connectivity index (χ1n) is 10.3. The van der Waals surface area contributed by atoms with Crippen LogP contribution in [0, 0.1) is 0 Å². The molecule has 34 heavy (non-hydrogen) atoms. The van der Waals surface area contributed by atoms with E-state index in [1.54, 1.807) is 24.3 Å². The van der Waals surface area contributed by atoms with Crippen molar-refractivity contribution in [1.29, 1.82) is 0 Å². The first-order valence-corrected chi connectivity index (χ1v) is 10.3. The van der Waals surface area contributed by atoms with Crippen LogP contribution in [-0.2, 0) is 6.18 Å². The number of carbonyl (C=O) groups excluding carboxylic acids is 1. The van der Waals surface area contributed by atoms with Gasteiger partial charge in [0.1, 0.15) is 0 Å². The molecular weight excluding hydrogens is 458 g/mol. The molecule has 1 amide bonds. The number of halogens is 6. The SMILES string of the molecule is F.F.F.O=C(Nc1ccc(C2CCNCC2)cc1)c1ccccc1-c1ccc(C(F)(F)F)cc1. The predicted octanol–water partition coefficient (Wildman–Crippen LogP) is 6.55. The van der Waals surface area contributed by atoms with E-state index in [1.165, 1.54) is 17.7 Å². The van der Waals surface area contributed by atoms with Crippen LogP contribution in [0.5, 0.6) is 0 Å². The van der Waals surface area contributed by atoms with Gasteiger partial charge in [0, 0.05) is 11.3 Å². The maximum Gasteiger partial charge on any atom is 0.416 e. The zero-order valence-corrected chi connectivity index (χ0v) is 18.1. The average Bonchev–Trinajstić information content (AvgIpc) is 2.80. The van der Waals surface area contributed by atoms with E-state index >= 15 is 0 Å². The molecule has 3 aromatic rings. The standard InChI is InChI=1S/C25H23F3N2O.3FH/c26-25(27,28)20-9-5-19(6-10-20)22-3-1-2-4-23(22)24(31)30-21-11-7-17(8-12-21)18-13-15-29-16-14-18;;;/h1-12,18,29H,13-16H2,(H,30,31);3*1H. The van der Waals surface area contributed by atoms with Gasteiger partial charge in [-0.15, -0.1) is 0 Å². The Hall–Kier alpha value is -3.33. The van der Waals surface area contributed by atoms with E-state index < -0.39 is 11.7 Å². The molecule has 9 heteroatoms. The molecule has 1 aliphatic rings. The lowest BCUT2D eigenvalue weighted by Crippen LogP contribution is -2.26. The number of benzene rings is 3. The topological polar surface area (TPSA) is 41.1 Å². The molecule has 1 saturated heterocycles. The predicted molar refractivity (Wildman–Crippen MR) is 124 cm³/mol. The van der Waals surface area contributed by atoms with Crippen LogP contribution in [-0.4, -0.2) is 19.0 Å². The molecule has 4 rings (SSSR count). The van der Waals surface area contributed by atoms with Gasteiger partial charge in [-0.3, -0.25) is 18.9 Å². The summed E-state index contributed by atoms with van der Waals surface area (Å²) in [4.78, 5) is 12.9. The molecule has 0 saturated carbocycles. The summed E-state index contributed by atoms with van der Waals surface area (Å²) in [5, 5.41) is 6.26. The van der Waals surface area contributed by atoms with Crippen LogP contribution in [0.25, 0.3) is 11.1 Å². The maximum atomic E-state index is 12.9. The molecule has 0 aromatic heterocycles. The second-order valence-corrected chi connectivity index (χ2v) is 7.72. The molecule has 3 aromatic carbocycles. The minimum atomic E-state index is -4.39. The van der Waals surface area contributed by atoms with Gasteiger partial charge < -0.3 is 10.6 Å². The van der Waals surface area contributed by atoms with E-state index in [0.717, 1.165) is 38.1 Å². The van der Waals surface area contributed by atoms with E-state index in [4.69, 9.17) is 0 Å². The summed E-state index contributed by atoms with van der Waals surface area (Å²) < 4.78 is 38.6. The van der Waals surface area contributed by atoms with Crippen LogP contribution in [0.4, 0.5) is 33.0 Å². The van der Waals surface area contributed by atoms with Gasteiger partial charge >= 0.3 is 6.18 Å². The smallest absolute Gasteiger partial charge is 0.322 e. The highest BCUT2D eigenvalue weighted by atomic mass is 19.4. The molecule has 2 N–H and O–H groups in total. The van der Waals surface area contributed by atoms with Crippen molar-refractivity contribution in [2.45, 2.75) is 24.9 Å². The van der Waals surface area contributed by atoms with Crippen molar-refractivity contribution in [3.05, 3.63) is 89.5 Å². The third-order valence-electron chi connectivity index (χ3n) is 5.67. The number of hydrogen-bond donors (Lipinski definition) is 2. The zero-order chi connectivity index (χ0) is 21.8. The van der Waals surface area contributed by atoms with Crippen LogP contribution in [0.2, 0.25) is 0 Å². The third-order valence-corrected chi connectivity index (χ3v) is 5.67. The summed E-state index contributed by atoms with van der Waals surface area (Å²) in [6, 6.07) is 19.6. The summed E-state index contributed by atoms with van der Waals surface area (Å²) in [6.07, 6.45) is -2.19. The van der Waals surface area contributed by atoms with E-state index in [-0.39, 0.29) is 20.0 Å². The molecule has 1 fully saturated rings. The molecule has 184 valence electrons. The van der Waals surface area contributed by atoms with Crippen LogP contribution >= 0.6 is 0 Å². The van der Waals surface area contributed by atoms with Crippen LogP contribution in [0.1, 0.15) is 40.2 Å². The third kappa shape index (κ3) is 6.60. The molecule has 0 spiro atoms. The molecule has 1 heterocycles. The van der Waals surface area contributed by atoms with E-state index in [0.29, 0.717) is 28.3 Å². The molecule has 0 unspecified atom stereocenters. The quantitative estimate of drug-likeness (QED) is 0.413. The first kappa shape index (κ1) is 28.7. The molecule has 1 aliphatic heterocycles. The van der Waals surface area contributed by atoms with Crippen molar-refractivity contribution in [1.82, 2.24) is 5.32 Å². The van der Waals surface area contributed by atoms with Gasteiger partial charge in [-0.05, 0) is 78.9 Å². The van der Waals surface area contributed by atoms with Gasteiger partial charge in [-0.2, -0.15) is 13.2 Å². The van der Waals surface area contributed by atoms with Gasteiger partial charge in [-0.25, -0.2) is 0 Å². The zero-order valence-electron chi connectivity index (χ0n) is 18.1. The van der Waals surface area contributed by atoms with Gasteiger partial charge in [-0.1, -0.05) is 42.5 Å². The fourth-order valence-corrected chi connectivity index (χ4v) is 3.96. The summed E-state index contributed by atoms with van der Waals surface area (Å²) in [7, 11) is 0. The molecule has 0 aliphatic carbocycles. The summed E-state index contributed by atoms with van der Waals surface area (Å²) in [6.45, 7) is 2.04. The van der Waals surface area contributed by atoms with Crippen molar-refractivity contribution < 1.29 is 32.1 Å². The molecule has 0 radical (unpaired) electrons. The van der Waals surface area contributed by atoms with Crippen molar-refractivity contribution >= 4 is 11.6 Å². The minimum Gasteiger partial charge on any atom is -0.322 e. The number of alkyl halides is 3. The van der Waals surface area contributed by atoms with Crippen LogP contribution in [0.15, 0.2) is 72.8 Å². The van der Waals surface area contributed by atoms with Crippen molar-refractivity contribution in [3.63, 3.8) is 0 Å². The highest BCUT2D eigenvalue weighted by Crippen LogP contribution is 2.32. The minimum absolute atomic E-state index is 0. The Bertz CT molecular complexity index is 1050. The fourth-order valence-electron chi connectivity index (χ4n) is 3.96. The lowest BCUT2D eigenvalue weighted by atomic mass is 9.90. The largest absolute Gasteiger partial charge is 0.416 e. The van der Waals surface area contributed by atoms with Gasteiger partial charge in [0.15, 0.2) is 0 Å². The lowest BCUT2D eigenvalue weighted by molar-refractivity contribution is -0.137. The highest BCUT2D eigenvalue weighted by Gasteiger charge is 2.30. The molecule has 0 bridgehead atoms. The Morgan fingerprint density at radius 3 is 2.00 bits per heavy atom. The number of carbonyl (C=O) groups is 1. The maximum absolute atomic E-state index is 12.9. The lowest BCUT2D eigenvalue weighted by Gasteiger charge is -2.23. The second-order valence-electron chi connectivity index (χ2n) is 7.72. The highest BCUT2D eigenvalue weighted by molar-refractivity contribution is 6.08. The van der Waals surface area contributed by atoms with Gasteiger partial charge in [0.05, 0.1) is 5.56 Å². The molecule has 3 nitrogen and oxygen atoms in total. The number of anilines is 1. The number of amides is 1. The molecule has 0 atom stereocenters. The monoisotopic (exact) mass is 484 g/mol. The Morgan fingerprint density at radius 2 is 1.41 bits per heavy atom. The summed E-state index contributed by atoms with van der Waals surface area (Å²) >= 11 is 0.